The van der Waals surface area contributed by atoms with Crippen LogP contribution in [0.2, 0.25) is 5.02 Å². The minimum absolute atomic E-state index is 0.153. The first-order valence-electron chi connectivity index (χ1n) is 6.92. The summed E-state index contributed by atoms with van der Waals surface area (Å²) in [7, 11) is 0. The number of hydrogen-bond donors (Lipinski definition) is 1. The van der Waals surface area contributed by atoms with Crippen molar-refractivity contribution in [2.24, 2.45) is 0 Å². The molecular formula is C16H19ClN2. The molecule has 2 nitrogen and oxygen atoms in total. The molecule has 1 heterocycles. The quantitative estimate of drug-likeness (QED) is 0.871. The van der Waals surface area contributed by atoms with Crippen molar-refractivity contribution < 1.29 is 0 Å². The number of nitrogens with one attached hydrogen (secondary N) is 1. The Labute approximate surface area is 119 Å². The lowest BCUT2D eigenvalue weighted by Crippen LogP contribution is -2.22. The van der Waals surface area contributed by atoms with Gasteiger partial charge in [-0.15, -0.1) is 0 Å². The maximum absolute atomic E-state index is 6.37. The average Bonchev–Trinajstić information content (AvgIpc) is 2.83. The fourth-order valence-corrected chi connectivity index (χ4v) is 3.47. The molecule has 3 rings (SSSR count). The number of fused-ring (bicyclic) bond motifs is 1. The van der Waals surface area contributed by atoms with Crippen LogP contribution in [0.25, 0.3) is 0 Å². The van der Waals surface area contributed by atoms with E-state index in [0.717, 1.165) is 29.1 Å². The summed E-state index contributed by atoms with van der Waals surface area (Å²) in [4.78, 5) is 0. The van der Waals surface area contributed by atoms with E-state index in [1.807, 2.05) is 18.2 Å². The van der Waals surface area contributed by atoms with Gasteiger partial charge in [-0.25, -0.2) is 0 Å². The molecule has 0 atom stereocenters. The number of aromatic nitrogens is 2. The molecule has 0 radical (unpaired) electrons. The van der Waals surface area contributed by atoms with Crippen LogP contribution in [0.15, 0.2) is 24.3 Å². The molecule has 3 heteroatoms. The van der Waals surface area contributed by atoms with Crippen molar-refractivity contribution in [3.63, 3.8) is 0 Å². The summed E-state index contributed by atoms with van der Waals surface area (Å²) >= 11 is 6.37. The van der Waals surface area contributed by atoms with Gasteiger partial charge in [-0.2, -0.15) is 5.10 Å². The van der Waals surface area contributed by atoms with E-state index in [9.17, 15) is 0 Å². The third-order valence-corrected chi connectivity index (χ3v) is 4.53. The van der Waals surface area contributed by atoms with Crippen LogP contribution in [0, 0.1) is 0 Å². The van der Waals surface area contributed by atoms with Gasteiger partial charge in [0.25, 0.3) is 0 Å². The highest BCUT2D eigenvalue weighted by molar-refractivity contribution is 6.31. The Morgan fingerprint density at radius 2 is 1.89 bits per heavy atom. The maximum atomic E-state index is 6.37. The molecule has 0 saturated carbocycles. The molecule has 0 fully saturated rings. The van der Waals surface area contributed by atoms with Gasteiger partial charge in [0.1, 0.15) is 0 Å². The molecule has 1 N–H and O–H groups in total. The molecule has 0 amide bonds. The maximum Gasteiger partial charge on any atom is 0.0757 e. The summed E-state index contributed by atoms with van der Waals surface area (Å²) in [6, 6.07) is 8.08. The standard InChI is InChI=1S/C16H19ClN2/c1-16(2,12-8-4-5-9-13(12)17)15-11-7-3-6-10-14(11)18-19-15/h4-5,8-9H,3,6-7,10H2,1-2H3,(H,18,19). The summed E-state index contributed by atoms with van der Waals surface area (Å²) < 4.78 is 0. The van der Waals surface area contributed by atoms with Gasteiger partial charge >= 0.3 is 0 Å². The number of H-pyrrole nitrogens is 1. The lowest BCUT2D eigenvalue weighted by molar-refractivity contribution is 0.598. The number of benzene rings is 1. The fourth-order valence-electron chi connectivity index (χ4n) is 3.09. The molecule has 2 aromatic rings. The van der Waals surface area contributed by atoms with Crippen molar-refractivity contribution in [3.8, 4) is 0 Å². The van der Waals surface area contributed by atoms with Crippen molar-refractivity contribution in [1.29, 1.82) is 0 Å². The molecule has 0 aliphatic heterocycles. The molecule has 19 heavy (non-hydrogen) atoms. The minimum Gasteiger partial charge on any atom is -0.282 e. The molecule has 1 aromatic carbocycles. The summed E-state index contributed by atoms with van der Waals surface area (Å²) in [6.45, 7) is 4.42. The average molecular weight is 275 g/mol. The van der Waals surface area contributed by atoms with Gasteiger partial charge in [0.05, 0.1) is 5.69 Å². The van der Waals surface area contributed by atoms with Crippen LogP contribution in [-0.2, 0) is 18.3 Å². The number of rotatable bonds is 2. The van der Waals surface area contributed by atoms with Crippen molar-refractivity contribution >= 4 is 11.6 Å². The van der Waals surface area contributed by atoms with E-state index in [1.165, 1.54) is 24.1 Å². The van der Waals surface area contributed by atoms with Gasteiger partial charge in [-0.05, 0) is 42.9 Å². The SMILES string of the molecule is CC(C)(c1ccccc1Cl)c1n[nH]c2c1CCCC2. The topological polar surface area (TPSA) is 28.7 Å². The lowest BCUT2D eigenvalue weighted by atomic mass is 9.78. The Morgan fingerprint density at radius 3 is 2.68 bits per heavy atom. The highest BCUT2D eigenvalue weighted by Crippen LogP contribution is 2.38. The third-order valence-electron chi connectivity index (χ3n) is 4.20. The molecule has 1 aliphatic rings. The van der Waals surface area contributed by atoms with Gasteiger partial charge in [0.15, 0.2) is 0 Å². The molecule has 0 bridgehead atoms. The van der Waals surface area contributed by atoms with Crippen molar-refractivity contribution in [2.45, 2.75) is 44.9 Å². The van der Waals surface area contributed by atoms with Gasteiger partial charge < -0.3 is 0 Å². The first-order chi connectivity index (χ1) is 9.10. The lowest BCUT2D eigenvalue weighted by Gasteiger charge is -2.26. The summed E-state index contributed by atoms with van der Waals surface area (Å²) in [5.41, 5.74) is 4.89. The minimum atomic E-state index is -0.153. The first kappa shape index (κ1) is 12.7. The van der Waals surface area contributed by atoms with Gasteiger partial charge in [0, 0.05) is 16.1 Å². The van der Waals surface area contributed by atoms with Crippen LogP contribution in [0.4, 0.5) is 0 Å². The fraction of sp³-hybridized carbons (Fsp3) is 0.438. The van der Waals surface area contributed by atoms with Gasteiger partial charge in [-0.1, -0.05) is 43.6 Å². The Morgan fingerprint density at radius 1 is 1.16 bits per heavy atom. The molecule has 0 saturated heterocycles. The summed E-state index contributed by atoms with van der Waals surface area (Å²) in [5, 5.41) is 8.65. The van der Waals surface area contributed by atoms with Crippen LogP contribution in [0.3, 0.4) is 0 Å². The Balaban J connectivity index is 2.10. The normalized spacial score (nSPS) is 15.3. The van der Waals surface area contributed by atoms with Crippen LogP contribution in [0.1, 0.15) is 49.2 Å². The van der Waals surface area contributed by atoms with Gasteiger partial charge in [-0.3, -0.25) is 5.10 Å². The number of hydrogen-bond acceptors (Lipinski definition) is 1. The third kappa shape index (κ3) is 2.08. The molecule has 0 unspecified atom stereocenters. The smallest absolute Gasteiger partial charge is 0.0757 e. The monoisotopic (exact) mass is 274 g/mol. The van der Waals surface area contributed by atoms with E-state index in [-0.39, 0.29) is 5.41 Å². The molecular weight excluding hydrogens is 256 g/mol. The summed E-state index contributed by atoms with van der Waals surface area (Å²) in [6.07, 6.45) is 4.79. The number of nitrogens with zero attached hydrogens (tertiary/aromatic N) is 1. The number of aromatic amines is 1. The first-order valence-corrected chi connectivity index (χ1v) is 7.30. The zero-order chi connectivity index (χ0) is 13.5. The van der Waals surface area contributed by atoms with Crippen molar-refractivity contribution in [2.75, 3.05) is 0 Å². The Kier molecular flexibility index (Phi) is 3.14. The van der Waals surface area contributed by atoms with Crippen LogP contribution < -0.4 is 0 Å². The predicted molar refractivity (Wildman–Crippen MR) is 78.8 cm³/mol. The molecule has 0 spiro atoms. The Bertz CT molecular complexity index is 599. The van der Waals surface area contributed by atoms with Crippen LogP contribution in [0.5, 0.6) is 0 Å². The van der Waals surface area contributed by atoms with Crippen LogP contribution in [-0.4, -0.2) is 10.2 Å². The molecule has 1 aromatic heterocycles. The second kappa shape index (κ2) is 4.68. The zero-order valence-electron chi connectivity index (χ0n) is 11.5. The van der Waals surface area contributed by atoms with E-state index < -0.39 is 0 Å². The number of halogens is 1. The van der Waals surface area contributed by atoms with E-state index in [1.54, 1.807) is 0 Å². The van der Waals surface area contributed by atoms with E-state index >= 15 is 0 Å². The molecule has 1 aliphatic carbocycles. The van der Waals surface area contributed by atoms with Crippen molar-refractivity contribution in [1.82, 2.24) is 10.2 Å². The van der Waals surface area contributed by atoms with E-state index in [4.69, 9.17) is 11.6 Å². The van der Waals surface area contributed by atoms with Crippen LogP contribution >= 0.6 is 11.6 Å². The van der Waals surface area contributed by atoms with Gasteiger partial charge in [0.2, 0.25) is 0 Å². The van der Waals surface area contributed by atoms with E-state index in [2.05, 4.69) is 30.1 Å². The number of aryl methyl sites for hydroxylation is 1. The van der Waals surface area contributed by atoms with Crippen molar-refractivity contribution in [3.05, 3.63) is 51.8 Å². The second-order valence-corrected chi connectivity index (χ2v) is 6.25. The molecule has 100 valence electrons. The zero-order valence-corrected chi connectivity index (χ0v) is 12.2. The Hall–Kier alpha value is -1.28. The predicted octanol–water partition coefficient (Wildman–Crippen LogP) is 4.27. The highest BCUT2D eigenvalue weighted by Gasteiger charge is 2.32. The second-order valence-electron chi connectivity index (χ2n) is 5.84. The summed E-state index contributed by atoms with van der Waals surface area (Å²) in [5.74, 6) is 0. The largest absolute Gasteiger partial charge is 0.282 e. The highest BCUT2D eigenvalue weighted by atomic mass is 35.5. The van der Waals surface area contributed by atoms with E-state index in [0.29, 0.717) is 0 Å².